The van der Waals surface area contributed by atoms with Crippen molar-refractivity contribution in [2.75, 3.05) is 7.11 Å². The van der Waals surface area contributed by atoms with Crippen molar-refractivity contribution in [2.45, 2.75) is 38.8 Å². The van der Waals surface area contributed by atoms with E-state index in [1.165, 1.54) is 19.2 Å². The molecule has 1 amide bonds. The molecule has 1 aromatic rings. The highest BCUT2D eigenvalue weighted by molar-refractivity contribution is 5.88. The van der Waals surface area contributed by atoms with Crippen LogP contribution < -0.4 is 0 Å². The Bertz CT molecular complexity index is 544. The number of carbonyl (C=O) groups excluding carboxylic acids is 2. The molecule has 1 heterocycles. The first-order valence-corrected chi connectivity index (χ1v) is 6.60. The lowest BCUT2D eigenvalue weighted by molar-refractivity contribution is -0.150. The molecular formula is C15H18FNO3. The third-order valence-corrected chi connectivity index (χ3v) is 3.83. The van der Waals surface area contributed by atoms with E-state index < -0.39 is 12.0 Å². The third-order valence-electron chi connectivity index (χ3n) is 3.83. The van der Waals surface area contributed by atoms with Gasteiger partial charge in [-0.15, -0.1) is 0 Å². The average molecular weight is 279 g/mol. The number of aryl methyl sites for hydroxylation is 1. The molecule has 1 fully saturated rings. The van der Waals surface area contributed by atoms with Crippen LogP contribution in [0, 0.1) is 12.7 Å². The van der Waals surface area contributed by atoms with E-state index in [0.717, 1.165) is 11.1 Å². The van der Waals surface area contributed by atoms with Gasteiger partial charge in [0.05, 0.1) is 13.2 Å². The van der Waals surface area contributed by atoms with Crippen LogP contribution in [0.15, 0.2) is 18.2 Å². The number of carbonyl (C=O) groups is 2. The Morgan fingerprint density at radius 3 is 2.80 bits per heavy atom. The molecule has 0 aromatic heterocycles. The van der Waals surface area contributed by atoms with E-state index in [-0.39, 0.29) is 17.8 Å². The van der Waals surface area contributed by atoms with E-state index in [9.17, 15) is 14.0 Å². The van der Waals surface area contributed by atoms with Gasteiger partial charge in [0.1, 0.15) is 11.9 Å². The van der Waals surface area contributed by atoms with Gasteiger partial charge in [-0.2, -0.15) is 0 Å². The smallest absolute Gasteiger partial charge is 0.328 e. The number of methoxy groups -OCH3 is 1. The van der Waals surface area contributed by atoms with Gasteiger partial charge in [0.15, 0.2) is 0 Å². The number of likely N-dealkylation sites (tertiary alicyclic amines) is 1. The largest absolute Gasteiger partial charge is 0.467 e. The molecule has 1 aliphatic rings. The van der Waals surface area contributed by atoms with Gasteiger partial charge < -0.3 is 9.64 Å². The highest BCUT2D eigenvalue weighted by Crippen LogP contribution is 2.32. The zero-order valence-corrected chi connectivity index (χ0v) is 11.9. The van der Waals surface area contributed by atoms with Gasteiger partial charge in [-0.25, -0.2) is 9.18 Å². The molecule has 0 aliphatic carbocycles. The quantitative estimate of drug-likeness (QED) is 0.798. The second kappa shape index (κ2) is 5.61. The summed E-state index contributed by atoms with van der Waals surface area (Å²) in [6.07, 6.45) is 0.806. The SMILES string of the molecule is COC(=O)C1CCC(=O)N1C(C)c1ccc(F)cc1C. The molecule has 0 N–H and O–H groups in total. The molecule has 1 aliphatic heterocycles. The van der Waals surface area contributed by atoms with Crippen molar-refractivity contribution < 1.29 is 18.7 Å². The molecule has 0 saturated carbocycles. The number of benzene rings is 1. The minimum atomic E-state index is -0.549. The third kappa shape index (κ3) is 2.53. The van der Waals surface area contributed by atoms with Crippen LogP contribution in [0.2, 0.25) is 0 Å². The van der Waals surface area contributed by atoms with Crippen LogP contribution >= 0.6 is 0 Å². The number of ether oxygens (including phenoxy) is 1. The van der Waals surface area contributed by atoms with Crippen LogP contribution in [0.5, 0.6) is 0 Å². The summed E-state index contributed by atoms with van der Waals surface area (Å²) < 4.78 is 17.9. The molecule has 0 bridgehead atoms. The lowest BCUT2D eigenvalue weighted by Crippen LogP contribution is -2.41. The Hall–Kier alpha value is -1.91. The van der Waals surface area contributed by atoms with Crippen molar-refractivity contribution >= 4 is 11.9 Å². The summed E-state index contributed by atoms with van der Waals surface area (Å²) in [5, 5.41) is 0. The van der Waals surface area contributed by atoms with Crippen LogP contribution in [-0.2, 0) is 14.3 Å². The molecule has 2 atom stereocenters. The molecule has 0 spiro atoms. The molecule has 2 unspecified atom stereocenters. The van der Waals surface area contributed by atoms with E-state index in [0.29, 0.717) is 12.8 Å². The molecular weight excluding hydrogens is 261 g/mol. The zero-order chi connectivity index (χ0) is 14.9. The van der Waals surface area contributed by atoms with Crippen molar-refractivity contribution in [2.24, 2.45) is 0 Å². The molecule has 4 nitrogen and oxygen atoms in total. The maximum atomic E-state index is 13.2. The highest BCUT2D eigenvalue weighted by atomic mass is 19.1. The summed E-state index contributed by atoms with van der Waals surface area (Å²) in [4.78, 5) is 25.4. The monoisotopic (exact) mass is 279 g/mol. The number of esters is 1. The van der Waals surface area contributed by atoms with Crippen molar-refractivity contribution in [3.63, 3.8) is 0 Å². The molecule has 5 heteroatoms. The summed E-state index contributed by atoms with van der Waals surface area (Å²) in [5.41, 5.74) is 1.61. The minimum Gasteiger partial charge on any atom is -0.467 e. The van der Waals surface area contributed by atoms with Crippen LogP contribution in [0.4, 0.5) is 4.39 Å². The van der Waals surface area contributed by atoms with Gasteiger partial charge in [0.25, 0.3) is 0 Å². The number of amides is 1. The van der Waals surface area contributed by atoms with Gasteiger partial charge in [0, 0.05) is 6.42 Å². The highest BCUT2D eigenvalue weighted by Gasteiger charge is 2.40. The second-order valence-corrected chi connectivity index (χ2v) is 5.06. The van der Waals surface area contributed by atoms with Crippen LogP contribution in [0.3, 0.4) is 0 Å². The summed E-state index contributed by atoms with van der Waals surface area (Å²) in [6, 6.07) is 3.63. The Labute approximate surface area is 117 Å². The van der Waals surface area contributed by atoms with Gasteiger partial charge >= 0.3 is 5.97 Å². The van der Waals surface area contributed by atoms with E-state index in [1.54, 1.807) is 17.9 Å². The van der Waals surface area contributed by atoms with Crippen LogP contribution in [0.1, 0.15) is 36.9 Å². The Morgan fingerprint density at radius 2 is 2.20 bits per heavy atom. The summed E-state index contributed by atoms with van der Waals surface area (Å²) in [6.45, 7) is 3.64. The van der Waals surface area contributed by atoms with Crippen molar-refractivity contribution in [1.82, 2.24) is 4.90 Å². The maximum Gasteiger partial charge on any atom is 0.328 e. The Morgan fingerprint density at radius 1 is 1.50 bits per heavy atom. The standard InChI is InChI=1S/C15H18FNO3/c1-9-8-11(16)4-5-12(9)10(2)17-13(15(19)20-3)6-7-14(17)18/h4-5,8,10,13H,6-7H2,1-3H3. The van der Waals surface area contributed by atoms with Crippen LogP contribution in [0.25, 0.3) is 0 Å². The lowest BCUT2D eigenvalue weighted by atomic mass is 10.0. The molecule has 1 aromatic carbocycles. The number of halogens is 1. The first-order valence-electron chi connectivity index (χ1n) is 6.60. The fraction of sp³-hybridized carbons (Fsp3) is 0.467. The summed E-state index contributed by atoms with van der Waals surface area (Å²) in [7, 11) is 1.32. The number of hydrogen-bond acceptors (Lipinski definition) is 3. The predicted molar refractivity (Wildman–Crippen MR) is 71.4 cm³/mol. The number of nitrogens with zero attached hydrogens (tertiary/aromatic N) is 1. The van der Waals surface area contributed by atoms with Crippen molar-refractivity contribution in [3.8, 4) is 0 Å². The normalized spacial score (nSPS) is 20.1. The van der Waals surface area contributed by atoms with Gasteiger partial charge in [-0.3, -0.25) is 4.79 Å². The average Bonchev–Trinajstić information content (AvgIpc) is 2.79. The predicted octanol–water partition coefficient (Wildman–Crippen LogP) is 2.36. The van der Waals surface area contributed by atoms with E-state index in [2.05, 4.69) is 0 Å². The molecule has 20 heavy (non-hydrogen) atoms. The molecule has 2 rings (SSSR count). The maximum absolute atomic E-state index is 13.2. The minimum absolute atomic E-state index is 0.0726. The zero-order valence-electron chi connectivity index (χ0n) is 11.9. The van der Waals surface area contributed by atoms with E-state index in [4.69, 9.17) is 4.74 Å². The first-order chi connectivity index (χ1) is 9.45. The topological polar surface area (TPSA) is 46.6 Å². The van der Waals surface area contributed by atoms with Crippen molar-refractivity contribution in [3.05, 3.63) is 35.1 Å². The van der Waals surface area contributed by atoms with Gasteiger partial charge in [-0.05, 0) is 43.5 Å². The first kappa shape index (κ1) is 14.5. The summed E-state index contributed by atoms with van der Waals surface area (Å²) >= 11 is 0. The molecule has 108 valence electrons. The van der Waals surface area contributed by atoms with Crippen molar-refractivity contribution in [1.29, 1.82) is 0 Å². The molecule has 0 radical (unpaired) electrons. The van der Waals surface area contributed by atoms with E-state index in [1.807, 2.05) is 6.92 Å². The second-order valence-electron chi connectivity index (χ2n) is 5.06. The summed E-state index contributed by atoms with van der Waals surface area (Å²) in [5.74, 6) is -0.783. The van der Waals surface area contributed by atoms with Crippen LogP contribution in [-0.4, -0.2) is 29.9 Å². The van der Waals surface area contributed by atoms with E-state index >= 15 is 0 Å². The van der Waals surface area contributed by atoms with Gasteiger partial charge in [-0.1, -0.05) is 6.07 Å². The number of rotatable bonds is 3. The van der Waals surface area contributed by atoms with Gasteiger partial charge in [0.2, 0.25) is 5.91 Å². The Kier molecular flexibility index (Phi) is 4.06. The molecule has 1 saturated heterocycles. The fourth-order valence-corrected chi connectivity index (χ4v) is 2.81. The fourth-order valence-electron chi connectivity index (χ4n) is 2.81. The Balaban J connectivity index is 2.32. The number of hydrogen-bond donors (Lipinski definition) is 0. The lowest BCUT2D eigenvalue weighted by Gasteiger charge is -2.30.